The molecule has 0 saturated heterocycles. The highest BCUT2D eigenvalue weighted by molar-refractivity contribution is 6.45. The van der Waals surface area contributed by atoms with Crippen LogP contribution in [-0.2, 0) is 0 Å². The lowest BCUT2D eigenvalue weighted by atomic mass is 10.1. The number of carboxylic acids is 1. The first-order valence-corrected chi connectivity index (χ1v) is 6.18. The predicted molar refractivity (Wildman–Crippen MR) is 76.1 cm³/mol. The Morgan fingerprint density at radius 3 is 2.53 bits per heavy atom. The van der Waals surface area contributed by atoms with Crippen LogP contribution in [0.2, 0.25) is 15.1 Å². The van der Waals surface area contributed by atoms with E-state index in [-0.39, 0.29) is 27.1 Å². The van der Waals surface area contributed by atoms with Gasteiger partial charge in [0.25, 0.3) is 0 Å². The number of nitrogen functional groups attached to an aromatic ring is 1. The van der Waals surface area contributed by atoms with Gasteiger partial charge in [0.2, 0.25) is 0 Å². The van der Waals surface area contributed by atoms with E-state index in [1.807, 2.05) is 0 Å². The van der Waals surface area contributed by atoms with Crippen molar-refractivity contribution in [1.82, 2.24) is 4.98 Å². The Morgan fingerprint density at radius 1 is 1.21 bits per heavy atom. The fraction of sp³-hybridized carbons (Fsp3) is 0. The molecular weight excluding hydrogens is 311 g/mol. The third-order valence-electron chi connectivity index (χ3n) is 2.39. The van der Waals surface area contributed by atoms with Crippen LogP contribution < -0.4 is 5.73 Å². The fourth-order valence-corrected chi connectivity index (χ4v) is 2.23. The number of carboxylic acid groups (broad SMARTS) is 1. The summed E-state index contributed by atoms with van der Waals surface area (Å²) in [6.45, 7) is 0. The molecule has 0 radical (unpaired) electrons. The molecule has 0 bridgehead atoms. The number of hydrogen-bond donors (Lipinski definition) is 2. The first kappa shape index (κ1) is 13.9. The van der Waals surface area contributed by atoms with Gasteiger partial charge in [0, 0.05) is 10.6 Å². The number of nitrogens with zero attached hydrogens (tertiary/aromatic N) is 1. The Labute approximate surface area is 123 Å². The van der Waals surface area contributed by atoms with Crippen LogP contribution in [0.4, 0.5) is 5.69 Å². The Kier molecular flexibility index (Phi) is 3.85. The molecule has 3 N–H and O–H groups in total. The van der Waals surface area contributed by atoms with Gasteiger partial charge in [-0.2, -0.15) is 0 Å². The van der Waals surface area contributed by atoms with E-state index in [9.17, 15) is 4.79 Å². The molecule has 1 aromatic carbocycles. The number of benzene rings is 1. The molecule has 0 aliphatic heterocycles. The van der Waals surface area contributed by atoms with E-state index in [2.05, 4.69) is 4.98 Å². The van der Waals surface area contributed by atoms with E-state index in [1.54, 1.807) is 0 Å². The van der Waals surface area contributed by atoms with Crippen molar-refractivity contribution in [3.8, 4) is 11.3 Å². The van der Waals surface area contributed by atoms with Gasteiger partial charge in [-0.1, -0.05) is 34.8 Å². The topological polar surface area (TPSA) is 76.2 Å². The van der Waals surface area contributed by atoms with Gasteiger partial charge in [-0.3, -0.25) is 0 Å². The summed E-state index contributed by atoms with van der Waals surface area (Å²) >= 11 is 17.9. The molecule has 0 aliphatic rings. The van der Waals surface area contributed by atoms with Gasteiger partial charge in [0.15, 0.2) is 0 Å². The summed E-state index contributed by atoms with van der Waals surface area (Å²) in [4.78, 5) is 14.9. The van der Waals surface area contributed by atoms with Crippen LogP contribution in [0.3, 0.4) is 0 Å². The van der Waals surface area contributed by atoms with Crippen LogP contribution in [0.25, 0.3) is 11.3 Å². The molecule has 1 aromatic heterocycles. The van der Waals surface area contributed by atoms with Gasteiger partial charge in [0.05, 0.1) is 21.4 Å². The van der Waals surface area contributed by atoms with Crippen LogP contribution in [0.5, 0.6) is 0 Å². The van der Waals surface area contributed by atoms with Crippen molar-refractivity contribution in [3.05, 3.63) is 45.0 Å². The highest BCUT2D eigenvalue weighted by atomic mass is 35.5. The Hall–Kier alpha value is -1.49. The SMILES string of the molecule is Nc1ccc(C(=O)O)nc1-c1cc(Cl)cc(Cl)c1Cl. The maximum absolute atomic E-state index is 10.9. The molecule has 0 amide bonds. The molecule has 0 saturated carbocycles. The third-order valence-corrected chi connectivity index (χ3v) is 3.41. The molecule has 0 fully saturated rings. The quantitative estimate of drug-likeness (QED) is 0.821. The van der Waals surface area contributed by atoms with Crippen LogP contribution in [0.15, 0.2) is 24.3 Å². The standard InChI is InChI=1S/C12H7Cl3N2O2/c13-5-3-6(10(15)7(14)4-5)11-8(16)1-2-9(17-11)12(18)19/h1-4H,16H2,(H,18,19). The number of hydrogen-bond acceptors (Lipinski definition) is 3. The zero-order valence-electron chi connectivity index (χ0n) is 9.32. The van der Waals surface area contributed by atoms with Crippen molar-refractivity contribution in [1.29, 1.82) is 0 Å². The minimum Gasteiger partial charge on any atom is -0.477 e. The Morgan fingerprint density at radius 2 is 1.89 bits per heavy atom. The van der Waals surface area contributed by atoms with E-state index in [0.717, 1.165) is 0 Å². The summed E-state index contributed by atoms with van der Waals surface area (Å²) in [5, 5.41) is 9.75. The number of anilines is 1. The number of aromatic nitrogens is 1. The summed E-state index contributed by atoms with van der Waals surface area (Å²) in [5.41, 5.74) is 6.55. The molecule has 4 nitrogen and oxygen atoms in total. The number of rotatable bonds is 2. The van der Waals surface area contributed by atoms with Crippen molar-refractivity contribution in [2.24, 2.45) is 0 Å². The van der Waals surface area contributed by atoms with E-state index >= 15 is 0 Å². The smallest absolute Gasteiger partial charge is 0.354 e. The number of carbonyl (C=O) groups is 1. The minimum absolute atomic E-state index is 0.142. The second-order valence-electron chi connectivity index (χ2n) is 3.69. The van der Waals surface area contributed by atoms with Crippen molar-refractivity contribution in [3.63, 3.8) is 0 Å². The van der Waals surface area contributed by atoms with Crippen molar-refractivity contribution < 1.29 is 9.90 Å². The number of halogens is 3. The van der Waals surface area contributed by atoms with Gasteiger partial charge >= 0.3 is 5.97 Å². The molecule has 0 atom stereocenters. The van der Waals surface area contributed by atoms with Crippen LogP contribution in [0.1, 0.15) is 10.5 Å². The summed E-state index contributed by atoms with van der Waals surface area (Å²) in [6, 6.07) is 5.75. The summed E-state index contributed by atoms with van der Waals surface area (Å²) in [7, 11) is 0. The first-order chi connectivity index (χ1) is 8.90. The summed E-state index contributed by atoms with van der Waals surface area (Å²) in [6.07, 6.45) is 0. The number of aromatic carboxylic acids is 1. The maximum atomic E-state index is 10.9. The Bertz CT molecular complexity index is 674. The predicted octanol–water partition coefficient (Wildman–Crippen LogP) is 3.99. The van der Waals surface area contributed by atoms with Crippen molar-refractivity contribution >= 4 is 46.5 Å². The zero-order valence-corrected chi connectivity index (χ0v) is 11.6. The average Bonchev–Trinajstić information content (AvgIpc) is 2.34. The highest BCUT2D eigenvalue weighted by Crippen LogP contribution is 2.37. The van der Waals surface area contributed by atoms with E-state index in [1.165, 1.54) is 24.3 Å². The fourth-order valence-electron chi connectivity index (χ4n) is 1.53. The van der Waals surface area contributed by atoms with E-state index < -0.39 is 5.97 Å². The molecule has 1 heterocycles. The van der Waals surface area contributed by atoms with Crippen LogP contribution in [0, 0.1) is 0 Å². The number of nitrogens with two attached hydrogens (primary N) is 1. The Balaban J connectivity index is 2.71. The van der Waals surface area contributed by atoms with Crippen molar-refractivity contribution in [2.45, 2.75) is 0 Å². The van der Waals surface area contributed by atoms with Gasteiger partial charge < -0.3 is 10.8 Å². The molecule has 0 aliphatic carbocycles. The molecule has 0 spiro atoms. The molecule has 2 rings (SSSR count). The normalized spacial score (nSPS) is 10.5. The minimum atomic E-state index is -1.16. The highest BCUT2D eigenvalue weighted by Gasteiger charge is 2.15. The number of pyridine rings is 1. The first-order valence-electron chi connectivity index (χ1n) is 5.05. The summed E-state index contributed by atoms with van der Waals surface area (Å²) < 4.78 is 0. The molecule has 0 unspecified atom stereocenters. The van der Waals surface area contributed by atoms with E-state index in [0.29, 0.717) is 10.6 Å². The molecule has 19 heavy (non-hydrogen) atoms. The largest absolute Gasteiger partial charge is 0.477 e. The summed E-state index contributed by atoms with van der Waals surface area (Å²) in [5.74, 6) is -1.16. The average molecular weight is 318 g/mol. The van der Waals surface area contributed by atoms with Gasteiger partial charge in [-0.25, -0.2) is 9.78 Å². The van der Waals surface area contributed by atoms with E-state index in [4.69, 9.17) is 45.6 Å². The molecule has 7 heteroatoms. The zero-order chi connectivity index (χ0) is 14.2. The monoisotopic (exact) mass is 316 g/mol. The molecular formula is C12H7Cl3N2O2. The lowest BCUT2D eigenvalue weighted by Crippen LogP contribution is -2.03. The second-order valence-corrected chi connectivity index (χ2v) is 4.91. The van der Waals surface area contributed by atoms with Gasteiger partial charge in [-0.15, -0.1) is 0 Å². The van der Waals surface area contributed by atoms with Gasteiger partial charge in [0.1, 0.15) is 5.69 Å². The van der Waals surface area contributed by atoms with Crippen molar-refractivity contribution in [2.75, 3.05) is 5.73 Å². The third kappa shape index (κ3) is 2.76. The lowest BCUT2D eigenvalue weighted by molar-refractivity contribution is 0.0690. The second kappa shape index (κ2) is 5.25. The van der Waals surface area contributed by atoms with Gasteiger partial charge in [-0.05, 0) is 24.3 Å². The lowest BCUT2D eigenvalue weighted by Gasteiger charge is -2.09. The van der Waals surface area contributed by atoms with Crippen LogP contribution in [-0.4, -0.2) is 16.1 Å². The van der Waals surface area contributed by atoms with Crippen LogP contribution >= 0.6 is 34.8 Å². The molecule has 2 aromatic rings. The maximum Gasteiger partial charge on any atom is 0.354 e. The molecule has 98 valence electrons.